The maximum absolute atomic E-state index is 4.39. The van der Waals surface area contributed by atoms with E-state index in [4.69, 9.17) is 0 Å². The number of allylic oxidation sites excluding steroid dienone is 1. The summed E-state index contributed by atoms with van der Waals surface area (Å²) in [5, 5.41) is 0. The zero-order chi connectivity index (χ0) is 10.2. The summed E-state index contributed by atoms with van der Waals surface area (Å²) < 4.78 is 0. The van der Waals surface area contributed by atoms with Gasteiger partial charge in [-0.25, -0.2) is 0 Å². The van der Waals surface area contributed by atoms with Gasteiger partial charge in [0.2, 0.25) is 0 Å². The van der Waals surface area contributed by atoms with Crippen molar-refractivity contribution in [3.05, 3.63) is 47.5 Å². The number of hydrogen-bond donors (Lipinski definition) is 0. The molecule has 1 aromatic rings. The van der Waals surface area contributed by atoms with Gasteiger partial charge in [0.25, 0.3) is 0 Å². The largest absolute Gasteiger partial charge is 0.288 e. The third-order valence-electron chi connectivity index (χ3n) is 2.20. The zero-order valence-corrected chi connectivity index (χ0v) is 8.90. The highest BCUT2D eigenvalue weighted by atomic mass is 14.7. The first-order chi connectivity index (χ1) is 6.86. The molecule has 74 valence electrons. The lowest BCUT2D eigenvalue weighted by molar-refractivity contribution is 1.01. The molecule has 0 radical (unpaired) electrons. The Labute approximate surface area is 86.2 Å². The highest BCUT2D eigenvalue weighted by Gasteiger charge is 1.88. The van der Waals surface area contributed by atoms with Crippen molar-refractivity contribution in [3.63, 3.8) is 0 Å². The molecule has 0 N–H and O–H groups in total. The topological polar surface area (TPSA) is 12.4 Å². The molecular weight excluding hydrogens is 170 g/mol. The Morgan fingerprint density at radius 1 is 1.29 bits per heavy atom. The summed E-state index contributed by atoms with van der Waals surface area (Å²) >= 11 is 0. The van der Waals surface area contributed by atoms with E-state index in [1.165, 1.54) is 11.1 Å². The number of rotatable bonds is 4. The average Bonchev–Trinajstić information content (AvgIpc) is 2.26. The van der Waals surface area contributed by atoms with Gasteiger partial charge >= 0.3 is 0 Å². The van der Waals surface area contributed by atoms with Gasteiger partial charge < -0.3 is 0 Å². The molecule has 1 nitrogen and oxygen atoms in total. The molecule has 0 aliphatic carbocycles. The molecule has 1 rings (SSSR count). The van der Waals surface area contributed by atoms with Crippen molar-refractivity contribution in [1.29, 1.82) is 0 Å². The summed E-state index contributed by atoms with van der Waals surface area (Å²) in [6, 6.07) is 10.2. The van der Waals surface area contributed by atoms with Crippen LogP contribution in [0.15, 0.2) is 47.0 Å². The van der Waals surface area contributed by atoms with Crippen LogP contribution in [-0.4, -0.2) is 12.8 Å². The molecule has 0 amide bonds. The second kappa shape index (κ2) is 6.14. The third kappa shape index (κ3) is 3.56. The lowest BCUT2D eigenvalue weighted by Crippen LogP contribution is -1.88. The molecule has 1 heteroatoms. The van der Waals surface area contributed by atoms with Crippen LogP contribution in [0.4, 0.5) is 0 Å². The molecule has 0 aromatic heterocycles. The Bertz CT molecular complexity index is 309. The summed E-state index contributed by atoms with van der Waals surface area (Å²) in [7, 11) is 0. The van der Waals surface area contributed by atoms with Crippen molar-refractivity contribution in [2.75, 3.05) is 6.54 Å². The van der Waals surface area contributed by atoms with Gasteiger partial charge in [-0.15, -0.1) is 0 Å². The Balaban J connectivity index is 2.49. The maximum Gasteiger partial charge on any atom is 0.0599 e. The van der Waals surface area contributed by atoms with E-state index in [0.717, 1.165) is 13.0 Å². The van der Waals surface area contributed by atoms with Crippen LogP contribution in [0, 0.1) is 0 Å². The lowest BCUT2D eigenvalue weighted by atomic mass is 10.2. The van der Waals surface area contributed by atoms with Crippen LogP contribution in [0.25, 0.3) is 0 Å². The molecule has 0 unspecified atom stereocenters. The Morgan fingerprint density at radius 2 is 2.00 bits per heavy atom. The predicted molar refractivity (Wildman–Crippen MR) is 63.0 cm³/mol. The molecule has 0 aliphatic heterocycles. The third-order valence-corrected chi connectivity index (χ3v) is 2.20. The average molecular weight is 187 g/mol. The molecular formula is C13H17N. The van der Waals surface area contributed by atoms with Gasteiger partial charge in [0.15, 0.2) is 0 Å². The monoisotopic (exact) mass is 187 g/mol. The van der Waals surface area contributed by atoms with Crippen LogP contribution in [0.3, 0.4) is 0 Å². The summed E-state index contributed by atoms with van der Waals surface area (Å²) in [5.41, 5.74) is 2.55. The van der Waals surface area contributed by atoms with Gasteiger partial charge in [0.1, 0.15) is 0 Å². The van der Waals surface area contributed by atoms with Crippen LogP contribution in [0.5, 0.6) is 0 Å². The molecule has 1 aromatic carbocycles. The molecule has 0 fully saturated rings. The smallest absolute Gasteiger partial charge is 0.0599 e. The van der Waals surface area contributed by atoms with E-state index >= 15 is 0 Å². The first-order valence-electron chi connectivity index (χ1n) is 5.05. The van der Waals surface area contributed by atoms with Crippen molar-refractivity contribution in [1.82, 2.24) is 0 Å². The molecule has 0 spiro atoms. The SMILES string of the molecule is CC=C(CC)CN=Cc1ccccc1. The van der Waals surface area contributed by atoms with Gasteiger partial charge in [0, 0.05) is 6.21 Å². The first-order valence-corrected chi connectivity index (χ1v) is 5.05. The van der Waals surface area contributed by atoms with E-state index in [0.29, 0.717) is 0 Å². The normalized spacial score (nSPS) is 12.3. The standard InChI is InChI=1S/C13H17N/c1-3-12(4-2)10-14-11-13-8-6-5-7-9-13/h3,5-9,11H,4,10H2,1-2H3. The minimum atomic E-state index is 0.821. The van der Waals surface area contributed by atoms with Crippen LogP contribution in [0.2, 0.25) is 0 Å². The number of hydrogen-bond acceptors (Lipinski definition) is 1. The van der Waals surface area contributed by atoms with Gasteiger partial charge in [-0.1, -0.05) is 48.9 Å². The van der Waals surface area contributed by atoms with Crippen molar-refractivity contribution in [2.24, 2.45) is 4.99 Å². The minimum Gasteiger partial charge on any atom is -0.288 e. The predicted octanol–water partition coefficient (Wildman–Crippen LogP) is 3.46. The number of nitrogens with zero attached hydrogens (tertiary/aromatic N) is 1. The summed E-state index contributed by atoms with van der Waals surface area (Å²) in [6.07, 6.45) is 5.16. The minimum absolute atomic E-state index is 0.821. The Kier molecular flexibility index (Phi) is 4.70. The van der Waals surface area contributed by atoms with Crippen molar-refractivity contribution in [2.45, 2.75) is 20.3 Å². The highest BCUT2D eigenvalue weighted by Crippen LogP contribution is 2.00. The molecule has 0 heterocycles. The van der Waals surface area contributed by atoms with Gasteiger partial charge in [-0.3, -0.25) is 4.99 Å². The van der Waals surface area contributed by atoms with Crippen molar-refractivity contribution in [3.8, 4) is 0 Å². The van der Waals surface area contributed by atoms with Crippen molar-refractivity contribution < 1.29 is 0 Å². The van der Waals surface area contributed by atoms with E-state index in [1.54, 1.807) is 0 Å². The highest BCUT2D eigenvalue weighted by molar-refractivity contribution is 5.79. The van der Waals surface area contributed by atoms with E-state index < -0.39 is 0 Å². The maximum atomic E-state index is 4.39. The fraction of sp³-hybridized carbons (Fsp3) is 0.308. The molecule has 0 saturated heterocycles. The van der Waals surface area contributed by atoms with E-state index in [9.17, 15) is 0 Å². The van der Waals surface area contributed by atoms with Crippen LogP contribution in [0.1, 0.15) is 25.8 Å². The van der Waals surface area contributed by atoms with Crippen LogP contribution in [-0.2, 0) is 0 Å². The summed E-state index contributed by atoms with van der Waals surface area (Å²) in [5.74, 6) is 0. The molecule has 0 bridgehead atoms. The van der Waals surface area contributed by atoms with Crippen molar-refractivity contribution >= 4 is 6.21 Å². The molecule has 14 heavy (non-hydrogen) atoms. The second-order valence-electron chi connectivity index (χ2n) is 3.18. The van der Waals surface area contributed by atoms with Gasteiger partial charge in [-0.2, -0.15) is 0 Å². The zero-order valence-electron chi connectivity index (χ0n) is 8.90. The fourth-order valence-electron chi connectivity index (χ4n) is 1.21. The van der Waals surface area contributed by atoms with Gasteiger partial charge in [-0.05, 0) is 18.9 Å². The molecule has 0 saturated carbocycles. The van der Waals surface area contributed by atoms with Gasteiger partial charge in [0.05, 0.1) is 6.54 Å². The second-order valence-corrected chi connectivity index (χ2v) is 3.18. The summed E-state index contributed by atoms with van der Waals surface area (Å²) in [6.45, 7) is 5.05. The van der Waals surface area contributed by atoms with E-state index in [2.05, 4.69) is 37.0 Å². The molecule has 0 aliphatic rings. The van der Waals surface area contributed by atoms with E-state index in [-0.39, 0.29) is 0 Å². The number of aliphatic imine (C=N–C) groups is 1. The van der Waals surface area contributed by atoms with Crippen LogP contribution >= 0.6 is 0 Å². The quantitative estimate of drug-likeness (QED) is 0.505. The Morgan fingerprint density at radius 3 is 2.57 bits per heavy atom. The molecule has 0 atom stereocenters. The lowest BCUT2D eigenvalue weighted by Gasteiger charge is -1.97. The fourth-order valence-corrected chi connectivity index (χ4v) is 1.21. The summed E-state index contributed by atoms with van der Waals surface area (Å²) in [4.78, 5) is 4.39. The number of benzene rings is 1. The van der Waals surface area contributed by atoms with Crippen LogP contribution < -0.4 is 0 Å². The first kappa shape index (κ1) is 10.7. The Hall–Kier alpha value is -1.37. The van der Waals surface area contributed by atoms with E-state index in [1.807, 2.05) is 24.4 Å².